The van der Waals surface area contributed by atoms with Crippen molar-refractivity contribution in [2.24, 2.45) is 0 Å². The highest BCUT2D eigenvalue weighted by Crippen LogP contribution is 2.42. The molecule has 1 amide bonds. The van der Waals surface area contributed by atoms with Gasteiger partial charge in [0.2, 0.25) is 5.91 Å². The van der Waals surface area contributed by atoms with Crippen molar-refractivity contribution in [3.63, 3.8) is 0 Å². The van der Waals surface area contributed by atoms with Gasteiger partial charge in [-0.3, -0.25) is 10.1 Å². The third-order valence-corrected chi connectivity index (χ3v) is 5.46. The molecule has 1 aliphatic carbocycles. The molecule has 140 valence electrons. The first-order valence-corrected chi connectivity index (χ1v) is 9.34. The Kier molecular flexibility index (Phi) is 4.52. The van der Waals surface area contributed by atoms with Crippen molar-refractivity contribution < 1.29 is 13.6 Å². The fraction of sp³-hybridized carbons (Fsp3) is 0.350. The van der Waals surface area contributed by atoms with E-state index in [-0.39, 0.29) is 11.9 Å². The standard InChI is InChI=1S/C20H20ClN3O3/c1-12-11-16(13(2)26-12)17-23-24-19(27-17)22-18(25)20(9-3-4-10-20)14-5-7-15(21)8-6-14/h5-8,11H,3-4,9-10H2,1-2H3,(H,22,24,25). The SMILES string of the molecule is Cc1cc(-c2nnc(NC(=O)C3(c4ccc(Cl)cc4)CCCC3)o2)c(C)o1. The molecule has 0 radical (unpaired) electrons. The number of carbonyl (C=O) groups excluding carboxylic acids is 1. The highest BCUT2D eigenvalue weighted by Gasteiger charge is 2.43. The Labute approximate surface area is 161 Å². The highest BCUT2D eigenvalue weighted by atomic mass is 35.5. The number of benzene rings is 1. The molecule has 1 N–H and O–H groups in total. The zero-order chi connectivity index (χ0) is 19.0. The Morgan fingerprint density at radius 1 is 1.11 bits per heavy atom. The molecule has 27 heavy (non-hydrogen) atoms. The van der Waals surface area contributed by atoms with Crippen molar-refractivity contribution in [3.8, 4) is 11.5 Å². The molecule has 1 aromatic carbocycles. The van der Waals surface area contributed by atoms with Crippen LogP contribution >= 0.6 is 11.6 Å². The minimum Gasteiger partial charge on any atom is -0.466 e. The predicted octanol–water partition coefficient (Wildman–Crippen LogP) is 5.05. The van der Waals surface area contributed by atoms with Crippen LogP contribution in [0.5, 0.6) is 0 Å². The molecular formula is C20H20ClN3O3. The Morgan fingerprint density at radius 3 is 2.44 bits per heavy atom. The molecule has 1 saturated carbocycles. The number of hydrogen-bond donors (Lipinski definition) is 1. The Hall–Kier alpha value is -2.60. The van der Waals surface area contributed by atoms with Crippen LogP contribution in [0, 0.1) is 13.8 Å². The van der Waals surface area contributed by atoms with Crippen molar-refractivity contribution in [3.05, 3.63) is 52.4 Å². The van der Waals surface area contributed by atoms with Crippen molar-refractivity contribution in [2.45, 2.75) is 44.9 Å². The molecule has 0 saturated heterocycles. The van der Waals surface area contributed by atoms with Gasteiger partial charge in [0.1, 0.15) is 11.5 Å². The third-order valence-electron chi connectivity index (χ3n) is 5.21. The normalized spacial score (nSPS) is 15.8. The maximum Gasteiger partial charge on any atom is 0.322 e. The molecule has 1 fully saturated rings. The number of halogens is 1. The summed E-state index contributed by atoms with van der Waals surface area (Å²) in [6, 6.07) is 9.40. The lowest BCUT2D eigenvalue weighted by Gasteiger charge is -2.27. The molecule has 7 heteroatoms. The highest BCUT2D eigenvalue weighted by molar-refractivity contribution is 6.30. The molecule has 4 rings (SSSR count). The molecule has 6 nitrogen and oxygen atoms in total. The van der Waals surface area contributed by atoms with Gasteiger partial charge in [-0.15, -0.1) is 5.10 Å². The van der Waals surface area contributed by atoms with Gasteiger partial charge in [-0.25, -0.2) is 0 Å². The molecule has 0 atom stereocenters. The summed E-state index contributed by atoms with van der Waals surface area (Å²) in [7, 11) is 0. The number of nitrogens with zero attached hydrogens (tertiary/aromatic N) is 2. The molecular weight excluding hydrogens is 366 g/mol. The smallest absolute Gasteiger partial charge is 0.322 e. The fourth-order valence-electron chi connectivity index (χ4n) is 3.84. The number of nitrogens with one attached hydrogen (secondary N) is 1. The molecule has 3 aromatic rings. The molecule has 2 aromatic heterocycles. The van der Waals surface area contributed by atoms with E-state index in [1.165, 1.54) is 0 Å². The first kappa shape index (κ1) is 17.8. The summed E-state index contributed by atoms with van der Waals surface area (Å²) in [5.74, 6) is 1.66. The van der Waals surface area contributed by atoms with Crippen molar-refractivity contribution in [1.29, 1.82) is 0 Å². The lowest BCUT2D eigenvalue weighted by atomic mass is 9.78. The molecule has 2 heterocycles. The summed E-state index contributed by atoms with van der Waals surface area (Å²) in [6.07, 6.45) is 3.56. The van der Waals surface area contributed by atoms with E-state index in [4.69, 9.17) is 20.4 Å². The van der Waals surface area contributed by atoms with E-state index < -0.39 is 5.41 Å². The van der Waals surface area contributed by atoms with Crippen molar-refractivity contribution in [2.75, 3.05) is 5.32 Å². The topological polar surface area (TPSA) is 81.2 Å². The van der Waals surface area contributed by atoms with Gasteiger partial charge < -0.3 is 8.83 Å². The minimum absolute atomic E-state index is 0.0912. The van der Waals surface area contributed by atoms with Crippen molar-refractivity contribution in [1.82, 2.24) is 10.2 Å². The largest absolute Gasteiger partial charge is 0.466 e. The van der Waals surface area contributed by atoms with Gasteiger partial charge in [-0.2, -0.15) is 0 Å². The number of carbonyl (C=O) groups is 1. The summed E-state index contributed by atoms with van der Waals surface area (Å²) >= 11 is 6.01. The van der Waals surface area contributed by atoms with Gasteiger partial charge in [0.15, 0.2) is 0 Å². The van der Waals surface area contributed by atoms with Gasteiger partial charge >= 0.3 is 6.01 Å². The zero-order valence-electron chi connectivity index (χ0n) is 15.2. The quantitative estimate of drug-likeness (QED) is 0.679. The number of hydrogen-bond acceptors (Lipinski definition) is 5. The van der Waals surface area contributed by atoms with E-state index in [2.05, 4.69) is 15.5 Å². The number of rotatable bonds is 4. The maximum atomic E-state index is 13.1. The summed E-state index contributed by atoms with van der Waals surface area (Å²) in [6.45, 7) is 3.68. The summed E-state index contributed by atoms with van der Waals surface area (Å²) < 4.78 is 11.2. The van der Waals surface area contributed by atoms with E-state index in [0.717, 1.165) is 42.6 Å². The van der Waals surface area contributed by atoms with Crippen LogP contribution in [0.15, 0.2) is 39.2 Å². The molecule has 0 spiro atoms. The second kappa shape index (κ2) is 6.85. The van der Waals surface area contributed by atoms with Crippen LogP contribution in [-0.4, -0.2) is 16.1 Å². The summed E-state index contributed by atoms with van der Waals surface area (Å²) in [4.78, 5) is 13.1. The van der Waals surface area contributed by atoms with E-state index >= 15 is 0 Å². The molecule has 0 bridgehead atoms. The van der Waals surface area contributed by atoms with Crippen LogP contribution in [0.2, 0.25) is 5.02 Å². The number of aryl methyl sites for hydroxylation is 2. The number of aromatic nitrogens is 2. The van der Waals surface area contributed by atoms with Crippen molar-refractivity contribution >= 4 is 23.5 Å². The Balaban J connectivity index is 1.59. The minimum atomic E-state index is -0.596. The number of anilines is 1. The average molecular weight is 386 g/mol. The second-order valence-corrected chi connectivity index (χ2v) is 7.43. The first-order chi connectivity index (χ1) is 13.0. The van der Waals surface area contributed by atoms with Gasteiger partial charge in [-0.1, -0.05) is 41.7 Å². The number of amides is 1. The zero-order valence-corrected chi connectivity index (χ0v) is 16.0. The van der Waals surface area contributed by atoms with Crippen LogP contribution in [0.4, 0.5) is 6.01 Å². The average Bonchev–Trinajstić information content (AvgIpc) is 3.36. The molecule has 1 aliphatic rings. The van der Waals surface area contributed by atoms with Gasteiger partial charge in [0.05, 0.1) is 11.0 Å². The monoisotopic (exact) mass is 385 g/mol. The van der Waals surface area contributed by atoms with Crippen LogP contribution in [0.1, 0.15) is 42.8 Å². The summed E-state index contributed by atoms with van der Waals surface area (Å²) in [5, 5.41) is 11.5. The summed E-state index contributed by atoms with van der Waals surface area (Å²) in [5.41, 5.74) is 1.10. The Bertz CT molecular complexity index is 969. The van der Waals surface area contributed by atoms with E-state index in [0.29, 0.717) is 16.7 Å². The van der Waals surface area contributed by atoms with Crippen LogP contribution in [0.3, 0.4) is 0 Å². The van der Waals surface area contributed by atoms with Crippen LogP contribution in [0.25, 0.3) is 11.5 Å². The van der Waals surface area contributed by atoms with E-state index in [1.54, 1.807) is 0 Å². The molecule has 0 aliphatic heterocycles. The van der Waals surface area contributed by atoms with Gasteiger partial charge in [0, 0.05) is 5.02 Å². The van der Waals surface area contributed by atoms with Gasteiger partial charge in [0.25, 0.3) is 5.89 Å². The van der Waals surface area contributed by atoms with Crippen LogP contribution in [-0.2, 0) is 10.2 Å². The maximum absolute atomic E-state index is 13.1. The van der Waals surface area contributed by atoms with E-state index in [1.807, 2.05) is 44.2 Å². The molecule has 0 unspecified atom stereocenters. The predicted molar refractivity (Wildman–Crippen MR) is 102 cm³/mol. The van der Waals surface area contributed by atoms with E-state index in [9.17, 15) is 4.79 Å². The number of furan rings is 1. The lowest BCUT2D eigenvalue weighted by molar-refractivity contribution is -0.121. The third kappa shape index (κ3) is 3.25. The Morgan fingerprint density at radius 2 is 1.81 bits per heavy atom. The van der Waals surface area contributed by atoms with Gasteiger partial charge in [-0.05, 0) is 50.5 Å². The lowest BCUT2D eigenvalue weighted by Crippen LogP contribution is -2.38. The van der Waals surface area contributed by atoms with Crippen LogP contribution < -0.4 is 5.32 Å². The first-order valence-electron chi connectivity index (χ1n) is 8.96. The fourth-order valence-corrected chi connectivity index (χ4v) is 3.96. The second-order valence-electron chi connectivity index (χ2n) is 6.99.